The summed E-state index contributed by atoms with van der Waals surface area (Å²) in [5.74, 6) is -3.69. The molecule has 38 heavy (non-hydrogen) atoms. The zero-order valence-electron chi connectivity index (χ0n) is 21.7. The summed E-state index contributed by atoms with van der Waals surface area (Å²) < 4.78 is 0. The zero-order chi connectivity index (χ0) is 27.8. The summed E-state index contributed by atoms with van der Waals surface area (Å²) in [7, 11) is 0. The van der Waals surface area contributed by atoms with Crippen LogP contribution in [0.4, 0.5) is 5.69 Å². The van der Waals surface area contributed by atoms with E-state index >= 15 is 0 Å². The van der Waals surface area contributed by atoms with Crippen molar-refractivity contribution in [2.75, 3.05) is 0 Å². The van der Waals surface area contributed by atoms with E-state index in [1.54, 1.807) is 12.1 Å². The van der Waals surface area contributed by atoms with Gasteiger partial charge >= 0.3 is 5.97 Å². The number of Topliss-reactive ketones (excluding diaryl/α,β-unsaturated/α-hetero) is 1. The predicted octanol–water partition coefficient (Wildman–Crippen LogP) is 6.02. The van der Waals surface area contributed by atoms with E-state index in [0.717, 1.165) is 5.56 Å². The minimum Gasteiger partial charge on any atom is -0.479 e. The van der Waals surface area contributed by atoms with E-state index < -0.39 is 34.3 Å². The summed E-state index contributed by atoms with van der Waals surface area (Å²) in [6.45, 7) is 7.24. The SMILES string of the molecule is Cc1ccc(C2C(C(=O)c3ccc([N+](=O)[O-])cc3)C(c3cccs3)C(C)(C(=O)O)N2C(=O)CC(C)C)cc1. The molecule has 1 aromatic heterocycles. The van der Waals surface area contributed by atoms with Gasteiger partial charge in [-0.25, -0.2) is 4.79 Å². The fourth-order valence-corrected chi connectivity index (χ4v) is 6.50. The van der Waals surface area contributed by atoms with Gasteiger partial charge in [0.25, 0.3) is 5.69 Å². The molecule has 2 heterocycles. The summed E-state index contributed by atoms with van der Waals surface area (Å²) in [4.78, 5) is 54.0. The van der Waals surface area contributed by atoms with Crippen LogP contribution in [0.2, 0.25) is 0 Å². The number of hydrogen-bond donors (Lipinski definition) is 1. The van der Waals surface area contributed by atoms with Crippen molar-refractivity contribution in [3.63, 3.8) is 0 Å². The number of likely N-dealkylation sites (tertiary alicyclic amines) is 1. The third-order valence-electron chi connectivity index (χ3n) is 7.30. The number of nitro groups is 1. The second kappa shape index (κ2) is 10.5. The van der Waals surface area contributed by atoms with Crippen LogP contribution in [-0.4, -0.2) is 38.1 Å². The molecule has 0 saturated carbocycles. The topological polar surface area (TPSA) is 118 Å². The van der Waals surface area contributed by atoms with Gasteiger partial charge in [0.1, 0.15) is 5.54 Å². The standard InChI is InChI=1S/C29H30N2O6S/c1-17(2)16-23(32)30-26(19-9-7-18(3)8-10-19)24(27(33)20-11-13-21(14-12-20)31(36)37)25(22-6-5-15-38-22)29(30,4)28(34)35/h5-15,17,24-26H,16H2,1-4H3,(H,34,35). The first-order chi connectivity index (χ1) is 18.0. The Morgan fingerprint density at radius 2 is 1.71 bits per heavy atom. The molecule has 4 unspecified atom stereocenters. The van der Waals surface area contributed by atoms with Crippen LogP contribution in [0.3, 0.4) is 0 Å². The molecule has 1 saturated heterocycles. The first-order valence-corrected chi connectivity index (χ1v) is 13.3. The van der Waals surface area contributed by atoms with Crippen molar-refractivity contribution in [2.45, 2.75) is 51.6 Å². The van der Waals surface area contributed by atoms with Gasteiger partial charge in [0.15, 0.2) is 5.78 Å². The summed E-state index contributed by atoms with van der Waals surface area (Å²) in [6, 6.07) is 15.5. The summed E-state index contributed by atoms with van der Waals surface area (Å²) >= 11 is 1.35. The van der Waals surface area contributed by atoms with E-state index in [9.17, 15) is 29.6 Å². The van der Waals surface area contributed by atoms with Crippen LogP contribution in [0, 0.1) is 28.9 Å². The van der Waals surface area contributed by atoms with Crippen LogP contribution in [0.1, 0.15) is 65.5 Å². The van der Waals surface area contributed by atoms with Crippen molar-refractivity contribution < 1.29 is 24.4 Å². The number of benzene rings is 2. The number of carboxylic acid groups (broad SMARTS) is 1. The number of non-ortho nitro benzene ring substituents is 1. The minimum absolute atomic E-state index is 0.0242. The van der Waals surface area contributed by atoms with Gasteiger partial charge < -0.3 is 10.0 Å². The normalized spacial score (nSPS) is 23.0. The lowest BCUT2D eigenvalue weighted by Crippen LogP contribution is -2.54. The van der Waals surface area contributed by atoms with Crippen molar-refractivity contribution in [1.82, 2.24) is 4.90 Å². The number of carbonyl (C=O) groups excluding carboxylic acids is 2. The van der Waals surface area contributed by atoms with Crippen LogP contribution in [0.25, 0.3) is 0 Å². The molecule has 0 aliphatic carbocycles. The third kappa shape index (κ3) is 4.74. The summed E-state index contributed by atoms with van der Waals surface area (Å²) in [5.41, 5.74) is 0.0144. The van der Waals surface area contributed by atoms with Crippen molar-refractivity contribution in [3.05, 3.63) is 97.7 Å². The molecule has 1 aliphatic heterocycles. The summed E-state index contributed by atoms with van der Waals surface area (Å²) in [6.07, 6.45) is 0.126. The highest BCUT2D eigenvalue weighted by atomic mass is 32.1. The number of rotatable bonds is 8. The number of nitro benzene ring substituents is 1. The first kappa shape index (κ1) is 27.2. The van der Waals surface area contributed by atoms with Crippen molar-refractivity contribution in [3.8, 4) is 0 Å². The minimum atomic E-state index is -1.71. The Morgan fingerprint density at radius 3 is 2.21 bits per heavy atom. The number of carbonyl (C=O) groups is 3. The van der Waals surface area contributed by atoms with Gasteiger partial charge in [-0.2, -0.15) is 0 Å². The highest BCUT2D eigenvalue weighted by molar-refractivity contribution is 7.10. The van der Waals surface area contributed by atoms with E-state index in [0.29, 0.717) is 10.4 Å². The Hall–Kier alpha value is -3.85. The van der Waals surface area contributed by atoms with Crippen LogP contribution < -0.4 is 0 Å². The van der Waals surface area contributed by atoms with Crippen molar-refractivity contribution in [1.29, 1.82) is 0 Å². The number of aliphatic carboxylic acids is 1. The number of carboxylic acids is 1. The van der Waals surface area contributed by atoms with Crippen molar-refractivity contribution in [2.24, 2.45) is 11.8 Å². The lowest BCUT2D eigenvalue weighted by molar-refractivity contribution is -0.384. The molecule has 0 bridgehead atoms. The number of hydrogen-bond acceptors (Lipinski definition) is 6. The maximum Gasteiger partial charge on any atom is 0.330 e. The maximum atomic E-state index is 14.3. The number of aryl methyl sites for hydroxylation is 1. The first-order valence-electron chi connectivity index (χ1n) is 12.4. The van der Waals surface area contributed by atoms with Gasteiger partial charge in [-0.3, -0.25) is 19.7 Å². The Kier molecular flexibility index (Phi) is 7.51. The second-order valence-corrected chi connectivity index (χ2v) is 11.3. The van der Waals surface area contributed by atoms with E-state index in [1.807, 2.05) is 50.4 Å². The molecular weight excluding hydrogens is 504 g/mol. The molecule has 1 N–H and O–H groups in total. The smallest absolute Gasteiger partial charge is 0.330 e. The maximum absolute atomic E-state index is 14.3. The Labute approximate surface area is 225 Å². The van der Waals surface area contributed by atoms with Crippen LogP contribution >= 0.6 is 11.3 Å². The largest absolute Gasteiger partial charge is 0.479 e. The summed E-state index contributed by atoms with van der Waals surface area (Å²) in [5, 5.41) is 23.7. The lowest BCUT2D eigenvalue weighted by Gasteiger charge is -2.38. The molecule has 1 amide bonds. The van der Waals surface area contributed by atoms with Gasteiger partial charge in [-0.05, 0) is 48.9 Å². The van der Waals surface area contributed by atoms with E-state index in [2.05, 4.69) is 0 Å². The lowest BCUT2D eigenvalue weighted by atomic mass is 9.74. The monoisotopic (exact) mass is 534 g/mol. The molecule has 0 radical (unpaired) electrons. The number of amides is 1. The average Bonchev–Trinajstić information content (AvgIpc) is 3.48. The van der Waals surface area contributed by atoms with Crippen LogP contribution in [-0.2, 0) is 9.59 Å². The number of thiophene rings is 1. The molecule has 4 atom stereocenters. The molecule has 1 fully saturated rings. The molecule has 1 aliphatic rings. The zero-order valence-corrected chi connectivity index (χ0v) is 22.5. The highest BCUT2D eigenvalue weighted by Crippen LogP contribution is 2.57. The molecule has 9 heteroatoms. The van der Waals surface area contributed by atoms with E-state index in [4.69, 9.17) is 0 Å². The highest BCUT2D eigenvalue weighted by Gasteiger charge is 2.65. The van der Waals surface area contributed by atoms with Crippen LogP contribution in [0.5, 0.6) is 0 Å². The third-order valence-corrected chi connectivity index (χ3v) is 8.26. The van der Waals surface area contributed by atoms with E-state index in [-0.39, 0.29) is 35.3 Å². The second-order valence-electron chi connectivity index (χ2n) is 10.4. The molecule has 198 valence electrons. The fraction of sp³-hybridized carbons (Fsp3) is 0.345. The Morgan fingerprint density at radius 1 is 1.08 bits per heavy atom. The van der Waals surface area contributed by atoms with Gasteiger partial charge in [-0.1, -0.05) is 49.7 Å². The van der Waals surface area contributed by atoms with E-state index in [1.165, 1.54) is 47.4 Å². The number of ketones is 1. The quantitative estimate of drug-likeness (QED) is 0.214. The number of nitrogens with zero attached hydrogens (tertiary/aromatic N) is 2. The fourth-order valence-electron chi connectivity index (χ4n) is 5.51. The molecule has 3 aromatic rings. The van der Waals surface area contributed by atoms with Crippen LogP contribution in [0.15, 0.2) is 66.0 Å². The van der Waals surface area contributed by atoms with Gasteiger partial charge in [0.2, 0.25) is 5.91 Å². The van der Waals surface area contributed by atoms with Crippen molar-refractivity contribution >= 4 is 34.7 Å². The molecule has 8 nitrogen and oxygen atoms in total. The molecule has 4 rings (SSSR count). The average molecular weight is 535 g/mol. The van der Waals surface area contributed by atoms with Gasteiger partial charge in [-0.15, -0.1) is 11.3 Å². The molecule has 2 aromatic carbocycles. The van der Waals surface area contributed by atoms with Gasteiger partial charge in [0.05, 0.1) is 16.9 Å². The Balaban J connectivity index is 1.99. The predicted molar refractivity (Wildman–Crippen MR) is 144 cm³/mol. The van der Waals surface area contributed by atoms with Gasteiger partial charge in [0, 0.05) is 34.9 Å². The Bertz CT molecular complexity index is 1350. The molecular formula is C29H30N2O6S. The molecule has 0 spiro atoms.